The first-order chi connectivity index (χ1) is 10.2. The van der Waals surface area contributed by atoms with E-state index in [-0.39, 0.29) is 0 Å². The highest BCUT2D eigenvalue weighted by molar-refractivity contribution is 7.98. The molecule has 3 nitrogen and oxygen atoms in total. The second-order valence-electron chi connectivity index (χ2n) is 4.69. The molecule has 2 N–H and O–H groups in total. The minimum Gasteiger partial charge on any atom is -0.375 e. The van der Waals surface area contributed by atoms with Gasteiger partial charge in [-0.15, -0.1) is 11.8 Å². The van der Waals surface area contributed by atoms with Gasteiger partial charge in [-0.1, -0.05) is 30.3 Å². The van der Waals surface area contributed by atoms with Crippen LogP contribution in [0.25, 0.3) is 11.1 Å². The van der Waals surface area contributed by atoms with Crippen LogP contribution in [0, 0.1) is 0 Å². The van der Waals surface area contributed by atoms with Crippen molar-refractivity contribution in [3.63, 3.8) is 0 Å². The molecule has 21 heavy (non-hydrogen) atoms. The van der Waals surface area contributed by atoms with E-state index in [0.717, 1.165) is 21.7 Å². The summed E-state index contributed by atoms with van der Waals surface area (Å²) in [7, 11) is 1.54. The monoisotopic (exact) mass is 306 g/mol. The minimum absolute atomic E-state index is 0.430. The van der Waals surface area contributed by atoms with Gasteiger partial charge < -0.3 is 10.5 Å². The molecule has 0 bridgehead atoms. The Morgan fingerprint density at radius 2 is 1.86 bits per heavy atom. The zero-order chi connectivity index (χ0) is 15.2. The third-order valence-electron chi connectivity index (χ3n) is 3.34. The summed E-state index contributed by atoms with van der Waals surface area (Å²) in [5.74, 6) is 0. The number of aromatic nitrogens is 1. The molecule has 0 fully saturated rings. The molecule has 2 rings (SSSR count). The molecule has 0 amide bonds. The predicted octanol–water partition coefficient (Wildman–Crippen LogP) is 3.45. The third-order valence-corrected chi connectivity index (χ3v) is 4.00. The van der Waals surface area contributed by atoms with Crippen LogP contribution in [0.3, 0.4) is 0 Å². The van der Waals surface area contributed by atoms with Gasteiger partial charge in [-0.2, -0.15) is 0 Å². The highest BCUT2D eigenvalue weighted by Crippen LogP contribution is 2.25. The van der Waals surface area contributed by atoms with Crippen LogP contribution >= 0.6 is 11.8 Å². The van der Waals surface area contributed by atoms with Crippen LogP contribution in [0.1, 0.15) is 11.7 Å². The number of hydrogen-bond donors (Lipinski definition) is 1. The number of pyridine rings is 1. The smallest absolute Gasteiger partial charge is 0.107 e. The molecular weight excluding hydrogens is 287 g/mol. The molecule has 0 unspecified atom stereocenters. The predicted molar refractivity (Wildman–Crippen MR) is 85.2 cm³/mol. The van der Waals surface area contributed by atoms with Crippen molar-refractivity contribution in [2.24, 2.45) is 5.73 Å². The summed E-state index contributed by atoms with van der Waals surface area (Å²) in [5.41, 5.74) is 8.71. The number of nitrogens with two attached hydrogens (primary N) is 1. The lowest BCUT2D eigenvalue weighted by Crippen LogP contribution is -2.31. The quantitative estimate of drug-likeness (QED) is 0.830. The Hall–Kier alpha value is -1.43. The molecule has 5 heteroatoms. The standard InChI is InChI=1S/C16H19FN2OS/c1-20-16(14(18)9-17)12-5-3-11(4-6-12)13-7-8-15(21-2)19-10-13/h3-8,10,14,16H,9,18H2,1-2H3/t14-,16-/m1/s1. The molecule has 0 spiro atoms. The molecule has 2 aromatic rings. The Balaban J connectivity index is 2.21. The molecule has 0 aliphatic heterocycles. The molecule has 112 valence electrons. The first-order valence-corrected chi connectivity index (χ1v) is 7.86. The van der Waals surface area contributed by atoms with Crippen molar-refractivity contribution in [3.8, 4) is 11.1 Å². The van der Waals surface area contributed by atoms with E-state index in [1.54, 1.807) is 18.9 Å². The number of ether oxygens (including phenoxy) is 1. The summed E-state index contributed by atoms with van der Waals surface area (Å²) in [6, 6.07) is 11.2. The fourth-order valence-corrected chi connectivity index (χ4v) is 2.54. The highest BCUT2D eigenvalue weighted by Gasteiger charge is 2.19. The van der Waals surface area contributed by atoms with Crippen molar-refractivity contribution >= 4 is 11.8 Å². The number of hydrogen-bond acceptors (Lipinski definition) is 4. The molecule has 2 atom stereocenters. The number of methoxy groups -OCH3 is 1. The lowest BCUT2D eigenvalue weighted by atomic mass is 10.00. The van der Waals surface area contributed by atoms with Crippen molar-refractivity contribution in [3.05, 3.63) is 48.2 Å². The molecule has 0 radical (unpaired) electrons. The number of nitrogens with zero attached hydrogens (tertiary/aromatic N) is 1. The van der Waals surface area contributed by atoms with E-state index in [1.807, 2.05) is 48.9 Å². The first-order valence-electron chi connectivity index (χ1n) is 6.64. The zero-order valence-electron chi connectivity index (χ0n) is 12.1. The lowest BCUT2D eigenvalue weighted by molar-refractivity contribution is 0.0721. The van der Waals surface area contributed by atoms with Crippen LogP contribution < -0.4 is 5.73 Å². The van der Waals surface area contributed by atoms with Gasteiger partial charge in [0.1, 0.15) is 6.67 Å². The fraction of sp³-hybridized carbons (Fsp3) is 0.312. The summed E-state index contributed by atoms with van der Waals surface area (Å²) in [4.78, 5) is 4.36. The molecule has 1 aromatic heterocycles. The SMILES string of the molecule is CO[C@H](c1ccc(-c2ccc(SC)nc2)cc1)[C@H](N)CF. The van der Waals surface area contributed by atoms with E-state index < -0.39 is 18.8 Å². The molecule has 1 heterocycles. The Morgan fingerprint density at radius 3 is 2.33 bits per heavy atom. The minimum atomic E-state index is -0.650. The Kier molecular flexibility index (Phi) is 5.73. The average Bonchev–Trinajstić information content (AvgIpc) is 2.56. The topological polar surface area (TPSA) is 48.1 Å². The second-order valence-corrected chi connectivity index (χ2v) is 5.51. The van der Waals surface area contributed by atoms with Crippen molar-refractivity contribution in [1.29, 1.82) is 0 Å². The van der Waals surface area contributed by atoms with Gasteiger partial charge in [-0.3, -0.25) is 0 Å². The number of alkyl halides is 1. The van der Waals surface area contributed by atoms with Crippen LogP contribution in [-0.4, -0.2) is 31.1 Å². The molecule has 1 aromatic carbocycles. The van der Waals surface area contributed by atoms with Gasteiger partial charge in [0.2, 0.25) is 0 Å². The number of halogens is 1. The van der Waals surface area contributed by atoms with Crippen LogP contribution in [-0.2, 0) is 4.74 Å². The van der Waals surface area contributed by atoms with Crippen LogP contribution in [0.15, 0.2) is 47.6 Å². The van der Waals surface area contributed by atoms with Gasteiger partial charge in [-0.05, 0) is 23.4 Å². The largest absolute Gasteiger partial charge is 0.375 e. The van der Waals surface area contributed by atoms with E-state index in [0.29, 0.717) is 0 Å². The van der Waals surface area contributed by atoms with Crippen molar-refractivity contribution in [2.45, 2.75) is 17.2 Å². The number of benzene rings is 1. The third kappa shape index (κ3) is 3.81. The van der Waals surface area contributed by atoms with Gasteiger partial charge >= 0.3 is 0 Å². The molecular formula is C16H19FN2OS. The van der Waals surface area contributed by atoms with Crippen molar-refractivity contribution in [1.82, 2.24) is 4.98 Å². The summed E-state index contributed by atoms with van der Waals surface area (Å²) in [5, 5.41) is 0.990. The van der Waals surface area contributed by atoms with E-state index in [9.17, 15) is 4.39 Å². The maximum Gasteiger partial charge on any atom is 0.107 e. The van der Waals surface area contributed by atoms with E-state index in [2.05, 4.69) is 4.98 Å². The molecule has 0 aliphatic rings. The van der Waals surface area contributed by atoms with Crippen LogP contribution in [0.2, 0.25) is 0 Å². The Morgan fingerprint density at radius 1 is 1.19 bits per heavy atom. The van der Waals surface area contributed by atoms with Crippen LogP contribution in [0.5, 0.6) is 0 Å². The van der Waals surface area contributed by atoms with Gasteiger partial charge in [-0.25, -0.2) is 9.37 Å². The van der Waals surface area contributed by atoms with Crippen molar-refractivity contribution in [2.75, 3.05) is 20.0 Å². The summed E-state index contributed by atoms with van der Waals surface area (Å²) >= 11 is 1.61. The summed E-state index contributed by atoms with van der Waals surface area (Å²) < 4.78 is 18.0. The molecule has 0 saturated carbocycles. The number of thioether (sulfide) groups is 1. The summed E-state index contributed by atoms with van der Waals surface area (Å²) in [6.07, 6.45) is 3.42. The second kappa shape index (κ2) is 7.54. The van der Waals surface area contributed by atoms with E-state index >= 15 is 0 Å². The normalized spacial score (nSPS) is 13.9. The van der Waals surface area contributed by atoms with Crippen molar-refractivity contribution < 1.29 is 9.13 Å². The van der Waals surface area contributed by atoms with E-state index in [4.69, 9.17) is 10.5 Å². The van der Waals surface area contributed by atoms with Gasteiger partial charge in [0.25, 0.3) is 0 Å². The van der Waals surface area contributed by atoms with E-state index in [1.165, 1.54) is 0 Å². The maximum atomic E-state index is 12.7. The number of rotatable bonds is 6. The Bertz CT molecular complexity index is 559. The summed E-state index contributed by atoms with van der Waals surface area (Å²) in [6.45, 7) is -0.611. The lowest BCUT2D eigenvalue weighted by Gasteiger charge is -2.20. The molecule has 0 aliphatic carbocycles. The fourth-order valence-electron chi connectivity index (χ4n) is 2.18. The maximum absolute atomic E-state index is 12.7. The average molecular weight is 306 g/mol. The van der Waals surface area contributed by atoms with Gasteiger partial charge in [0, 0.05) is 18.9 Å². The molecule has 0 saturated heterocycles. The Labute approximate surface area is 128 Å². The highest BCUT2D eigenvalue weighted by atomic mass is 32.2. The van der Waals surface area contributed by atoms with Gasteiger partial charge in [0.05, 0.1) is 17.2 Å². The first kappa shape index (κ1) is 15.9. The zero-order valence-corrected chi connectivity index (χ0v) is 12.9. The van der Waals surface area contributed by atoms with Gasteiger partial charge in [0.15, 0.2) is 0 Å². The van der Waals surface area contributed by atoms with Crippen LogP contribution in [0.4, 0.5) is 4.39 Å².